The number of amides is 1. The molecular formula is C19H18N2O4S2. The van der Waals surface area contributed by atoms with E-state index in [1.165, 1.54) is 11.8 Å². The molecule has 0 saturated carbocycles. The summed E-state index contributed by atoms with van der Waals surface area (Å²) >= 11 is 6.69. The number of hydrazine groups is 1. The normalized spacial score (nSPS) is 19.9. The summed E-state index contributed by atoms with van der Waals surface area (Å²) in [6.07, 6.45) is 1.74. The fraction of sp³-hybridized carbons (Fsp3) is 0.263. The van der Waals surface area contributed by atoms with E-state index in [9.17, 15) is 4.79 Å². The van der Waals surface area contributed by atoms with E-state index in [-0.39, 0.29) is 5.91 Å². The summed E-state index contributed by atoms with van der Waals surface area (Å²) < 4.78 is 16.9. The van der Waals surface area contributed by atoms with Crippen LogP contribution in [0.15, 0.2) is 45.7 Å². The van der Waals surface area contributed by atoms with Gasteiger partial charge in [-0.05, 0) is 36.4 Å². The van der Waals surface area contributed by atoms with E-state index in [0.717, 1.165) is 17.1 Å². The van der Waals surface area contributed by atoms with Gasteiger partial charge in [-0.3, -0.25) is 4.79 Å². The Labute approximate surface area is 166 Å². The first kappa shape index (κ1) is 18.2. The number of morpholine rings is 1. The highest BCUT2D eigenvalue weighted by Crippen LogP contribution is 2.35. The van der Waals surface area contributed by atoms with E-state index < -0.39 is 0 Å². The molecule has 4 rings (SSSR count). The molecule has 6 nitrogen and oxygen atoms in total. The van der Waals surface area contributed by atoms with Crippen molar-refractivity contribution in [1.29, 1.82) is 0 Å². The van der Waals surface area contributed by atoms with E-state index in [1.54, 1.807) is 18.2 Å². The van der Waals surface area contributed by atoms with Gasteiger partial charge >= 0.3 is 0 Å². The van der Waals surface area contributed by atoms with E-state index in [2.05, 4.69) is 0 Å². The molecule has 2 fully saturated rings. The summed E-state index contributed by atoms with van der Waals surface area (Å²) in [5.74, 6) is 2.02. The molecule has 1 aromatic heterocycles. The van der Waals surface area contributed by atoms with E-state index in [0.29, 0.717) is 41.3 Å². The number of thioether (sulfide) groups is 1. The summed E-state index contributed by atoms with van der Waals surface area (Å²) in [6, 6.07) is 11.4. The molecule has 2 saturated heterocycles. The summed E-state index contributed by atoms with van der Waals surface area (Å²) in [5, 5.41) is 3.51. The molecule has 27 heavy (non-hydrogen) atoms. The van der Waals surface area contributed by atoms with Crippen LogP contribution in [-0.4, -0.2) is 53.7 Å². The van der Waals surface area contributed by atoms with Crippen molar-refractivity contribution in [2.75, 3.05) is 33.4 Å². The van der Waals surface area contributed by atoms with Crippen LogP contribution in [0.5, 0.6) is 5.75 Å². The molecule has 0 unspecified atom stereocenters. The third-order valence-corrected chi connectivity index (χ3v) is 5.60. The molecule has 3 heterocycles. The molecule has 0 N–H and O–H groups in total. The number of carbonyl (C=O) groups is 1. The maximum atomic E-state index is 12.8. The van der Waals surface area contributed by atoms with Gasteiger partial charge in [-0.25, -0.2) is 10.0 Å². The first-order valence-electron chi connectivity index (χ1n) is 8.50. The van der Waals surface area contributed by atoms with Crippen LogP contribution in [-0.2, 0) is 9.53 Å². The molecule has 2 aliphatic rings. The number of furan rings is 1. The Morgan fingerprint density at radius 3 is 2.59 bits per heavy atom. The Balaban J connectivity index is 1.52. The summed E-state index contributed by atoms with van der Waals surface area (Å²) in [5.41, 5.74) is 0.941. The molecule has 140 valence electrons. The predicted molar refractivity (Wildman–Crippen MR) is 108 cm³/mol. The number of methoxy groups -OCH3 is 1. The lowest BCUT2D eigenvalue weighted by Gasteiger charge is -2.33. The minimum absolute atomic E-state index is 0.116. The number of ether oxygens (including phenoxy) is 2. The summed E-state index contributed by atoms with van der Waals surface area (Å²) in [6.45, 7) is 2.50. The number of nitrogens with zero attached hydrogens (tertiary/aromatic N) is 2. The summed E-state index contributed by atoms with van der Waals surface area (Å²) in [4.78, 5) is 13.3. The average Bonchev–Trinajstić information content (AvgIpc) is 3.27. The van der Waals surface area contributed by atoms with Crippen LogP contribution in [0.1, 0.15) is 5.76 Å². The Morgan fingerprint density at radius 1 is 1.15 bits per heavy atom. The monoisotopic (exact) mass is 402 g/mol. The van der Waals surface area contributed by atoms with Gasteiger partial charge in [-0.15, -0.1) is 0 Å². The quantitative estimate of drug-likeness (QED) is 0.574. The van der Waals surface area contributed by atoms with Crippen molar-refractivity contribution in [3.8, 4) is 17.1 Å². The van der Waals surface area contributed by atoms with Crippen molar-refractivity contribution in [3.63, 3.8) is 0 Å². The molecule has 0 bridgehead atoms. The number of hydrogen-bond donors (Lipinski definition) is 0. The highest BCUT2D eigenvalue weighted by molar-refractivity contribution is 8.26. The van der Waals surface area contributed by atoms with Gasteiger partial charge in [-0.2, -0.15) is 0 Å². The average molecular weight is 402 g/mol. The fourth-order valence-electron chi connectivity index (χ4n) is 2.93. The molecule has 8 heteroatoms. The molecule has 0 spiro atoms. The zero-order chi connectivity index (χ0) is 18.8. The Hall–Kier alpha value is -2.13. The molecule has 1 amide bonds. The van der Waals surface area contributed by atoms with Crippen LogP contribution >= 0.6 is 24.0 Å². The minimum Gasteiger partial charge on any atom is -0.497 e. The zero-order valence-corrected chi connectivity index (χ0v) is 16.3. The molecule has 2 aliphatic heterocycles. The molecule has 0 aliphatic carbocycles. The van der Waals surface area contributed by atoms with Gasteiger partial charge in [0.25, 0.3) is 5.91 Å². The maximum Gasteiger partial charge on any atom is 0.281 e. The Bertz CT molecular complexity index is 885. The second-order valence-corrected chi connectivity index (χ2v) is 7.67. The van der Waals surface area contributed by atoms with Crippen molar-refractivity contribution in [2.24, 2.45) is 0 Å². The minimum atomic E-state index is -0.116. The largest absolute Gasteiger partial charge is 0.497 e. The van der Waals surface area contributed by atoms with Crippen molar-refractivity contribution >= 4 is 40.3 Å². The number of rotatable bonds is 4. The lowest BCUT2D eigenvalue weighted by Crippen LogP contribution is -2.50. The van der Waals surface area contributed by atoms with Gasteiger partial charge in [0.1, 0.15) is 17.3 Å². The highest BCUT2D eigenvalue weighted by Gasteiger charge is 2.37. The molecule has 2 aromatic rings. The Kier molecular flexibility index (Phi) is 5.31. The number of carbonyl (C=O) groups excluding carboxylic acids is 1. The first-order valence-corrected chi connectivity index (χ1v) is 9.73. The number of hydrogen-bond acceptors (Lipinski definition) is 7. The standard InChI is InChI=1S/C19H18N2O4S2/c1-23-14-4-2-13(3-5-14)16-7-6-15(25-16)12-17-18(22)21(19(26)27-17)20-8-10-24-11-9-20/h2-7,12H,8-11H2,1H3. The van der Waals surface area contributed by atoms with Crippen LogP contribution in [0, 0.1) is 0 Å². The third kappa shape index (κ3) is 3.79. The Morgan fingerprint density at radius 2 is 1.89 bits per heavy atom. The van der Waals surface area contributed by atoms with Gasteiger partial charge in [0.05, 0.1) is 25.2 Å². The predicted octanol–water partition coefficient (Wildman–Crippen LogP) is 3.40. The van der Waals surface area contributed by atoms with Crippen molar-refractivity contribution in [2.45, 2.75) is 0 Å². The second kappa shape index (κ2) is 7.85. The van der Waals surface area contributed by atoms with Gasteiger partial charge in [0.2, 0.25) is 0 Å². The third-order valence-electron chi connectivity index (χ3n) is 4.32. The molecule has 1 aromatic carbocycles. The van der Waals surface area contributed by atoms with Gasteiger partial charge in [0.15, 0.2) is 4.32 Å². The number of thiocarbonyl (C=S) groups is 1. The molecule has 0 atom stereocenters. The maximum absolute atomic E-state index is 12.8. The molecule has 0 radical (unpaired) electrons. The van der Waals surface area contributed by atoms with Crippen LogP contribution in [0.3, 0.4) is 0 Å². The lowest BCUT2D eigenvalue weighted by molar-refractivity contribution is -0.138. The highest BCUT2D eigenvalue weighted by atomic mass is 32.2. The number of benzene rings is 1. The SMILES string of the molecule is COc1ccc(-c2ccc(C=C3SC(=S)N(N4CCOCC4)C3=O)o2)cc1. The van der Waals surface area contributed by atoms with Gasteiger partial charge in [0, 0.05) is 24.7 Å². The van der Waals surface area contributed by atoms with Gasteiger partial charge in [-0.1, -0.05) is 24.0 Å². The van der Waals surface area contributed by atoms with Gasteiger partial charge < -0.3 is 13.9 Å². The van der Waals surface area contributed by atoms with Crippen LogP contribution in [0.25, 0.3) is 17.4 Å². The topological polar surface area (TPSA) is 55.2 Å². The molecular weight excluding hydrogens is 384 g/mol. The van der Waals surface area contributed by atoms with Crippen molar-refractivity contribution in [3.05, 3.63) is 47.1 Å². The zero-order valence-electron chi connectivity index (χ0n) is 14.7. The lowest BCUT2D eigenvalue weighted by atomic mass is 10.2. The van der Waals surface area contributed by atoms with Crippen LogP contribution in [0.4, 0.5) is 0 Å². The summed E-state index contributed by atoms with van der Waals surface area (Å²) in [7, 11) is 1.63. The van der Waals surface area contributed by atoms with E-state index in [1.807, 2.05) is 41.4 Å². The smallest absolute Gasteiger partial charge is 0.281 e. The second-order valence-electron chi connectivity index (χ2n) is 5.99. The first-order chi connectivity index (χ1) is 13.2. The van der Waals surface area contributed by atoms with Crippen molar-refractivity contribution in [1.82, 2.24) is 10.0 Å². The van der Waals surface area contributed by atoms with Crippen molar-refractivity contribution < 1.29 is 18.7 Å². The van der Waals surface area contributed by atoms with Crippen LogP contribution < -0.4 is 4.74 Å². The fourth-order valence-corrected chi connectivity index (χ4v) is 4.22. The van der Waals surface area contributed by atoms with E-state index in [4.69, 9.17) is 26.1 Å². The van der Waals surface area contributed by atoms with E-state index >= 15 is 0 Å². The van der Waals surface area contributed by atoms with Crippen LogP contribution in [0.2, 0.25) is 0 Å².